The predicted molar refractivity (Wildman–Crippen MR) is 48.4 cm³/mol. The molecule has 2 aliphatic carbocycles. The lowest BCUT2D eigenvalue weighted by molar-refractivity contribution is 0.279. The maximum absolute atomic E-state index is 4.08. The summed E-state index contributed by atoms with van der Waals surface area (Å²) in [4.78, 5) is 0. The zero-order chi connectivity index (χ0) is 8.06. The second kappa shape index (κ2) is 2.12. The Bertz CT molecular complexity index is 190. The lowest BCUT2D eigenvalue weighted by Crippen LogP contribution is -2.16. The fraction of sp³-hybridized carbons (Fsp3) is 0.818. The molecule has 2 fully saturated rings. The third-order valence-electron chi connectivity index (χ3n) is 3.91. The van der Waals surface area contributed by atoms with Crippen LogP contribution in [0.25, 0.3) is 0 Å². The van der Waals surface area contributed by atoms with Gasteiger partial charge in [0.05, 0.1) is 0 Å². The van der Waals surface area contributed by atoms with Gasteiger partial charge in [0.25, 0.3) is 0 Å². The highest BCUT2D eigenvalue weighted by atomic mass is 14.6. The van der Waals surface area contributed by atoms with Crippen molar-refractivity contribution in [3.05, 3.63) is 12.2 Å². The Hall–Kier alpha value is -0.260. The molecule has 2 aliphatic rings. The van der Waals surface area contributed by atoms with Crippen molar-refractivity contribution in [2.75, 3.05) is 0 Å². The van der Waals surface area contributed by atoms with Crippen molar-refractivity contribution in [3.8, 4) is 0 Å². The molecular weight excluding hydrogens is 132 g/mol. The SMILES string of the molecule is C=C1CCC2(C(C)C)CC2C1. The van der Waals surface area contributed by atoms with E-state index in [9.17, 15) is 0 Å². The van der Waals surface area contributed by atoms with E-state index < -0.39 is 0 Å². The first-order valence-electron chi connectivity index (χ1n) is 4.82. The molecule has 2 atom stereocenters. The Labute approximate surface area is 69.7 Å². The summed E-state index contributed by atoms with van der Waals surface area (Å²) in [5.41, 5.74) is 2.27. The van der Waals surface area contributed by atoms with Gasteiger partial charge in [0.2, 0.25) is 0 Å². The summed E-state index contributed by atoms with van der Waals surface area (Å²) in [6.45, 7) is 8.85. The molecule has 0 radical (unpaired) electrons. The van der Waals surface area contributed by atoms with Crippen molar-refractivity contribution >= 4 is 0 Å². The van der Waals surface area contributed by atoms with Crippen LogP contribution in [0.15, 0.2) is 12.2 Å². The molecule has 2 unspecified atom stereocenters. The van der Waals surface area contributed by atoms with E-state index in [0.717, 1.165) is 17.3 Å². The van der Waals surface area contributed by atoms with Gasteiger partial charge in [0.1, 0.15) is 0 Å². The minimum Gasteiger partial charge on any atom is -0.0999 e. The van der Waals surface area contributed by atoms with Crippen LogP contribution in [-0.4, -0.2) is 0 Å². The summed E-state index contributed by atoms with van der Waals surface area (Å²) >= 11 is 0. The number of fused-ring (bicyclic) bond motifs is 1. The summed E-state index contributed by atoms with van der Waals surface area (Å²) in [6, 6.07) is 0. The molecule has 0 aliphatic heterocycles. The summed E-state index contributed by atoms with van der Waals surface area (Å²) in [5, 5.41) is 0. The van der Waals surface area contributed by atoms with Gasteiger partial charge >= 0.3 is 0 Å². The average molecular weight is 150 g/mol. The fourth-order valence-electron chi connectivity index (χ4n) is 2.84. The molecule has 0 amide bonds. The lowest BCUT2D eigenvalue weighted by Gasteiger charge is -2.26. The van der Waals surface area contributed by atoms with Gasteiger partial charge in [-0.2, -0.15) is 0 Å². The average Bonchev–Trinajstić information content (AvgIpc) is 2.62. The molecule has 0 heterocycles. The van der Waals surface area contributed by atoms with Crippen LogP contribution in [-0.2, 0) is 0 Å². The summed E-state index contributed by atoms with van der Waals surface area (Å²) in [6.07, 6.45) is 5.55. The largest absolute Gasteiger partial charge is 0.0999 e. The third kappa shape index (κ3) is 0.953. The number of hydrogen-bond donors (Lipinski definition) is 0. The quantitative estimate of drug-likeness (QED) is 0.503. The van der Waals surface area contributed by atoms with Crippen molar-refractivity contribution < 1.29 is 0 Å². The smallest absolute Gasteiger partial charge is 0.0237 e. The van der Waals surface area contributed by atoms with Gasteiger partial charge in [-0.05, 0) is 42.9 Å². The van der Waals surface area contributed by atoms with Gasteiger partial charge in [-0.1, -0.05) is 26.0 Å². The molecule has 11 heavy (non-hydrogen) atoms. The first-order valence-corrected chi connectivity index (χ1v) is 4.82. The number of hydrogen-bond acceptors (Lipinski definition) is 0. The van der Waals surface area contributed by atoms with Crippen LogP contribution < -0.4 is 0 Å². The molecule has 2 saturated carbocycles. The lowest BCUT2D eigenvalue weighted by atomic mass is 9.79. The highest BCUT2D eigenvalue weighted by Gasteiger charge is 2.56. The second-order valence-corrected chi connectivity index (χ2v) is 4.74. The summed E-state index contributed by atoms with van der Waals surface area (Å²) < 4.78 is 0. The molecule has 0 heteroatoms. The second-order valence-electron chi connectivity index (χ2n) is 4.74. The molecular formula is C11H18. The minimum atomic E-state index is 0.765. The molecule has 0 bridgehead atoms. The summed E-state index contributed by atoms with van der Waals surface area (Å²) in [5.74, 6) is 1.92. The zero-order valence-corrected chi connectivity index (χ0v) is 7.69. The van der Waals surface area contributed by atoms with Crippen LogP contribution in [0, 0.1) is 17.3 Å². The van der Waals surface area contributed by atoms with Gasteiger partial charge in [0.15, 0.2) is 0 Å². The van der Waals surface area contributed by atoms with Crippen LogP contribution in [0.3, 0.4) is 0 Å². The zero-order valence-electron chi connectivity index (χ0n) is 7.69. The van der Waals surface area contributed by atoms with Gasteiger partial charge in [-0.25, -0.2) is 0 Å². The third-order valence-corrected chi connectivity index (χ3v) is 3.91. The van der Waals surface area contributed by atoms with Crippen molar-refractivity contribution in [3.63, 3.8) is 0 Å². The van der Waals surface area contributed by atoms with Crippen molar-refractivity contribution in [1.29, 1.82) is 0 Å². The van der Waals surface area contributed by atoms with Crippen LogP contribution in [0.4, 0.5) is 0 Å². The molecule has 0 N–H and O–H groups in total. The van der Waals surface area contributed by atoms with Gasteiger partial charge in [-0.15, -0.1) is 0 Å². The molecule has 2 rings (SSSR count). The first-order chi connectivity index (χ1) is 5.15. The first kappa shape index (κ1) is 7.39. The Kier molecular flexibility index (Phi) is 1.42. The van der Waals surface area contributed by atoms with Gasteiger partial charge < -0.3 is 0 Å². The van der Waals surface area contributed by atoms with Crippen LogP contribution in [0.5, 0.6) is 0 Å². The Morgan fingerprint density at radius 2 is 2.27 bits per heavy atom. The van der Waals surface area contributed by atoms with Crippen molar-refractivity contribution in [2.24, 2.45) is 17.3 Å². The van der Waals surface area contributed by atoms with Crippen molar-refractivity contribution in [1.82, 2.24) is 0 Å². The fourth-order valence-corrected chi connectivity index (χ4v) is 2.84. The molecule has 0 aromatic carbocycles. The molecule has 0 aromatic heterocycles. The van der Waals surface area contributed by atoms with Crippen LogP contribution in [0.2, 0.25) is 0 Å². The Morgan fingerprint density at radius 1 is 1.55 bits per heavy atom. The minimum absolute atomic E-state index is 0.765. The van der Waals surface area contributed by atoms with E-state index in [-0.39, 0.29) is 0 Å². The molecule has 0 nitrogen and oxygen atoms in total. The molecule has 0 spiro atoms. The highest BCUT2D eigenvalue weighted by Crippen LogP contribution is 2.66. The predicted octanol–water partition coefficient (Wildman–Crippen LogP) is 3.39. The van der Waals surface area contributed by atoms with E-state index in [0.29, 0.717) is 0 Å². The maximum Gasteiger partial charge on any atom is -0.0237 e. The van der Waals surface area contributed by atoms with Crippen LogP contribution >= 0.6 is 0 Å². The van der Waals surface area contributed by atoms with Gasteiger partial charge in [0, 0.05) is 0 Å². The van der Waals surface area contributed by atoms with E-state index in [2.05, 4.69) is 20.4 Å². The molecule has 0 saturated heterocycles. The van der Waals surface area contributed by atoms with E-state index in [1.165, 1.54) is 31.3 Å². The Balaban J connectivity index is 2.07. The molecule has 0 aromatic rings. The maximum atomic E-state index is 4.08. The molecule has 62 valence electrons. The highest BCUT2D eigenvalue weighted by molar-refractivity contribution is 5.16. The van der Waals surface area contributed by atoms with Crippen molar-refractivity contribution in [2.45, 2.75) is 39.5 Å². The monoisotopic (exact) mass is 150 g/mol. The van der Waals surface area contributed by atoms with Gasteiger partial charge in [-0.3, -0.25) is 0 Å². The van der Waals surface area contributed by atoms with E-state index in [4.69, 9.17) is 0 Å². The van der Waals surface area contributed by atoms with Crippen LogP contribution in [0.1, 0.15) is 39.5 Å². The Morgan fingerprint density at radius 3 is 2.82 bits per heavy atom. The summed E-state index contributed by atoms with van der Waals surface area (Å²) in [7, 11) is 0. The van der Waals surface area contributed by atoms with E-state index in [1.54, 1.807) is 0 Å². The number of rotatable bonds is 1. The normalized spacial score (nSPS) is 42.5. The van der Waals surface area contributed by atoms with E-state index in [1.807, 2.05) is 0 Å². The number of allylic oxidation sites excluding steroid dienone is 1. The van der Waals surface area contributed by atoms with E-state index >= 15 is 0 Å². The topological polar surface area (TPSA) is 0 Å². The standard InChI is InChI=1S/C11H18/c1-8(2)11-5-4-9(3)6-10(11)7-11/h8,10H,3-7H2,1-2H3.